The Balaban J connectivity index is 1.34. The zero-order valence-electron chi connectivity index (χ0n) is 24.5. The van der Waals surface area contributed by atoms with E-state index in [2.05, 4.69) is 37.6 Å². The summed E-state index contributed by atoms with van der Waals surface area (Å²) in [7, 11) is 0. The maximum absolute atomic E-state index is 6.74. The van der Waals surface area contributed by atoms with Crippen LogP contribution in [0.3, 0.4) is 0 Å². The monoisotopic (exact) mass is 559 g/mol. The summed E-state index contributed by atoms with van der Waals surface area (Å²) in [6.07, 6.45) is 26.4. The van der Waals surface area contributed by atoms with Crippen LogP contribution in [0.15, 0.2) is 16.8 Å². The number of hydrogen-bond donors (Lipinski definition) is 2. The molecule has 0 amide bonds. The van der Waals surface area contributed by atoms with Gasteiger partial charge >= 0.3 is 0 Å². The Morgan fingerprint density at radius 1 is 0.974 bits per heavy atom. The molecular weight excluding hydrogens is 506 g/mol. The van der Waals surface area contributed by atoms with Crippen LogP contribution >= 0.6 is 23.8 Å². The van der Waals surface area contributed by atoms with E-state index in [0.29, 0.717) is 28.4 Å². The molecule has 5 aliphatic carbocycles. The Labute approximate surface area is 243 Å². The van der Waals surface area contributed by atoms with E-state index in [1.165, 1.54) is 108 Å². The molecule has 0 aliphatic heterocycles. The van der Waals surface area contributed by atoms with Crippen LogP contribution in [0.4, 0.5) is 0 Å². The van der Waals surface area contributed by atoms with Gasteiger partial charge in [0.05, 0.1) is 5.71 Å². The van der Waals surface area contributed by atoms with Crippen LogP contribution in [0.1, 0.15) is 136 Å². The fraction of sp³-hybridized carbons (Fsp3) is 0.879. The molecule has 0 spiro atoms. The summed E-state index contributed by atoms with van der Waals surface area (Å²) >= 11 is 12.4. The van der Waals surface area contributed by atoms with E-state index in [9.17, 15) is 0 Å². The minimum absolute atomic E-state index is 0.271. The largest absolute Gasteiger partial charge is 0.359 e. The van der Waals surface area contributed by atoms with Gasteiger partial charge < -0.3 is 5.32 Å². The first-order valence-electron chi connectivity index (χ1n) is 16.3. The van der Waals surface area contributed by atoms with Crippen molar-refractivity contribution in [2.45, 2.75) is 148 Å². The molecule has 4 saturated carbocycles. The third kappa shape index (κ3) is 5.88. The number of allylic oxidation sites excluding steroid dienone is 2. The highest BCUT2D eigenvalue weighted by Crippen LogP contribution is 2.66. The summed E-state index contributed by atoms with van der Waals surface area (Å²) in [5, 5.41) is 9.63. The average Bonchev–Trinajstić information content (AvgIpc) is 3.52. The third-order valence-electron chi connectivity index (χ3n) is 12.0. The second kappa shape index (κ2) is 12.5. The van der Waals surface area contributed by atoms with E-state index in [-0.39, 0.29) is 10.8 Å². The van der Waals surface area contributed by atoms with Crippen molar-refractivity contribution in [2.24, 2.45) is 39.6 Å². The normalized spacial score (nSPS) is 39.8. The second-order valence-corrected chi connectivity index (χ2v) is 15.2. The lowest BCUT2D eigenvalue weighted by Crippen LogP contribution is -2.53. The lowest BCUT2D eigenvalue weighted by Gasteiger charge is -2.58. The molecule has 0 heterocycles. The molecule has 38 heavy (non-hydrogen) atoms. The minimum atomic E-state index is 0.271. The van der Waals surface area contributed by atoms with Crippen LogP contribution in [-0.2, 0) is 0 Å². The number of rotatable bonds is 9. The first-order valence-corrected chi connectivity index (χ1v) is 17.2. The van der Waals surface area contributed by atoms with Crippen molar-refractivity contribution in [3.05, 3.63) is 11.6 Å². The molecule has 214 valence electrons. The number of halogens is 1. The van der Waals surface area contributed by atoms with Crippen molar-refractivity contribution in [1.29, 1.82) is 0 Å². The number of hydrogen-bond acceptors (Lipinski definition) is 2. The van der Waals surface area contributed by atoms with Gasteiger partial charge in [-0.05, 0) is 111 Å². The molecule has 7 unspecified atom stereocenters. The Morgan fingerprint density at radius 2 is 1.74 bits per heavy atom. The van der Waals surface area contributed by atoms with E-state index < -0.39 is 0 Å². The molecule has 5 rings (SSSR count). The topological polar surface area (TPSA) is 36.4 Å². The molecule has 5 heteroatoms. The quantitative estimate of drug-likeness (QED) is 0.128. The van der Waals surface area contributed by atoms with Gasteiger partial charge in [-0.1, -0.05) is 77.7 Å². The highest BCUT2D eigenvalue weighted by Gasteiger charge is 2.60. The molecule has 0 bridgehead atoms. The molecule has 0 aromatic heterocycles. The number of nitrogens with one attached hydrogen (secondary N) is 2. The summed E-state index contributed by atoms with van der Waals surface area (Å²) < 4.78 is 0. The van der Waals surface area contributed by atoms with Crippen LogP contribution in [0.25, 0.3) is 0 Å². The Morgan fingerprint density at radius 3 is 2.53 bits per heavy atom. The van der Waals surface area contributed by atoms with Crippen LogP contribution in [0.5, 0.6) is 0 Å². The van der Waals surface area contributed by atoms with Gasteiger partial charge in [-0.15, -0.1) is 11.6 Å². The lowest BCUT2D eigenvalue weighted by atomic mass is 9.47. The van der Waals surface area contributed by atoms with Crippen LogP contribution in [0.2, 0.25) is 0 Å². The average molecular weight is 560 g/mol. The van der Waals surface area contributed by atoms with Crippen molar-refractivity contribution in [3.63, 3.8) is 0 Å². The fourth-order valence-corrected chi connectivity index (χ4v) is 10.1. The first-order chi connectivity index (χ1) is 18.3. The van der Waals surface area contributed by atoms with E-state index in [0.717, 1.165) is 24.7 Å². The number of unbranched alkanes of at least 4 members (excludes halogenated alkanes) is 5. The maximum atomic E-state index is 6.74. The number of alkyl halides is 1. The summed E-state index contributed by atoms with van der Waals surface area (Å²) in [5.74, 6) is 2.86. The van der Waals surface area contributed by atoms with E-state index in [1.54, 1.807) is 5.57 Å². The van der Waals surface area contributed by atoms with Crippen LogP contribution < -0.4 is 10.7 Å². The summed E-state index contributed by atoms with van der Waals surface area (Å²) in [4.78, 5) is 0. The van der Waals surface area contributed by atoms with Crippen LogP contribution in [-0.4, -0.2) is 22.2 Å². The Hall–Kier alpha value is -0.610. The zero-order valence-corrected chi connectivity index (χ0v) is 26.1. The van der Waals surface area contributed by atoms with Crippen LogP contribution in [0, 0.1) is 34.5 Å². The molecule has 3 nitrogen and oxygen atoms in total. The predicted octanol–water partition coefficient (Wildman–Crippen LogP) is 9.30. The molecule has 4 fully saturated rings. The van der Waals surface area contributed by atoms with Gasteiger partial charge in [0.15, 0.2) is 5.11 Å². The lowest BCUT2D eigenvalue weighted by molar-refractivity contribution is -0.0114. The minimum Gasteiger partial charge on any atom is -0.359 e. The summed E-state index contributed by atoms with van der Waals surface area (Å²) in [6, 6.07) is 0.516. The molecule has 5 aliphatic rings. The molecule has 0 aromatic rings. The SMILES string of the molecule is CCCCCCCCC1CCC2C3/C(=N/NC(=S)NC4CCCC4)C=C4CC(Cl)CCC4(C)C3CCC12C. The Bertz CT molecular complexity index is 895. The molecule has 7 atom stereocenters. The maximum Gasteiger partial charge on any atom is 0.187 e. The van der Waals surface area contributed by atoms with Gasteiger partial charge in [0.1, 0.15) is 0 Å². The molecule has 0 aromatic carbocycles. The zero-order chi connectivity index (χ0) is 26.8. The van der Waals surface area contributed by atoms with Gasteiger partial charge in [0.25, 0.3) is 0 Å². The van der Waals surface area contributed by atoms with Crippen molar-refractivity contribution in [2.75, 3.05) is 0 Å². The van der Waals surface area contributed by atoms with Gasteiger partial charge in [0.2, 0.25) is 0 Å². The summed E-state index contributed by atoms with van der Waals surface area (Å²) in [5.41, 5.74) is 6.91. The molecule has 0 radical (unpaired) electrons. The van der Waals surface area contributed by atoms with E-state index in [1.807, 2.05) is 0 Å². The Kier molecular flexibility index (Phi) is 9.51. The van der Waals surface area contributed by atoms with Gasteiger partial charge in [-0.2, -0.15) is 5.10 Å². The highest BCUT2D eigenvalue weighted by atomic mass is 35.5. The summed E-state index contributed by atoms with van der Waals surface area (Å²) in [6.45, 7) is 7.55. The second-order valence-electron chi connectivity index (χ2n) is 14.1. The van der Waals surface area contributed by atoms with Gasteiger partial charge in [-0.25, -0.2) is 0 Å². The third-order valence-corrected chi connectivity index (χ3v) is 12.6. The standard InChI is InChI=1S/C33H54ClN3S/c1-4-5-6-7-8-9-12-23-15-16-27-30-28(18-20-32(23,27)2)33(3)19-17-25(34)21-24(33)22-29(30)36-37-31(38)35-26-13-10-11-14-26/h22-23,25-28,30H,4-21H2,1-3H3,(H2,35,37,38)/b36-29+. The van der Waals surface area contributed by atoms with Crippen molar-refractivity contribution < 1.29 is 0 Å². The number of nitrogens with zero attached hydrogens (tertiary/aromatic N) is 1. The van der Waals surface area contributed by atoms with E-state index in [4.69, 9.17) is 28.9 Å². The van der Waals surface area contributed by atoms with Gasteiger partial charge in [0, 0.05) is 17.3 Å². The van der Waals surface area contributed by atoms with Crippen molar-refractivity contribution in [1.82, 2.24) is 10.7 Å². The van der Waals surface area contributed by atoms with Crippen molar-refractivity contribution in [3.8, 4) is 0 Å². The number of hydrazone groups is 1. The molecule has 2 N–H and O–H groups in total. The van der Waals surface area contributed by atoms with E-state index >= 15 is 0 Å². The fourth-order valence-electron chi connectivity index (χ4n) is 9.64. The van der Waals surface area contributed by atoms with Crippen molar-refractivity contribution >= 4 is 34.6 Å². The highest BCUT2D eigenvalue weighted by molar-refractivity contribution is 7.80. The molecular formula is C33H54ClN3S. The predicted molar refractivity (Wildman–Crippen MR) is 167 cm³/mol. The molecule has 0 saturated heterocycles. The number of fused-ring (bicyclic) bond motifs is 5. The first kappa shape index (κ1) is 28.9. The number of thiocarbonyl (C=S) groups is 1. The smallest absolute Gasteiger partial charge is 0.187 e. The van der Waals surface area contributed by atoms with Gasteiger partial charge in [-0.3, -0.25) is 5.43 Å².